The first kappa shape index (κ1) is 15.7. The van der Waals surface area contributed by atoms with Crippen LogP contribution in [0.3, 0.4) is 0 Å². The average molecular weight is 342 g/mol. The third-order valence-electron chi connectivity index (χ3n) is 3.99. The summed E-state index contributed by atoms with van der Waals surface area (Å²) in [6, 6.07) is 17.5. The van der Waals surface area contributed by atoms with Crippen molar-refractivity contribution in [3.63, 3.8) is 0 Å². The van der Waals surface area contributed by atoms with Crippen molar-refractivity contribution in [2.45, 2.75) is 0 Å². The van der Waals surface area contributed by atoms with Crippen molar-refractivity contribution >= 4 is 17.6 Å². The molecule has 3 heterocycles. The Morgan fingerprint density at radius 2 is 1.85 bits per heavy atom. The van der Waals surface area contributed by atoms with Gasteiger partial charge in [-0.3, -0.25) is 0 Å². The number of nitrogens with zero attached hydrogens (tertiary/aromatic N) is 4. The van der Waals surface area contributed by atoms with E-state index in [-0.39, 0.29) is 0 Å². The van der Waals surface area contributed by atoms with Crippen molar-refractivity contribution in [2.75, 3.05) is 0 Å². The number of carboxylic acid groups (broad SMARTS) is 1. The highest BCUT2D eigenvalue weighted by Gasteiger charge is 2.18. The molecule has 0 atom stereocenters. The van der Waals surface area contributed by atoms with Crippen molar-refractivity contribution in [1.82, 2.24) is 19.8 Å². The second kappa shape index (κ2) is 6.60. The molecule has 0 saturated carbocycles. The Bertz CT molecular complexity index is 1120. The number of aromatic nitrogens is 4. The lowest BCUT2D eigenvalue weighted by Crippen LogP contribution is -1.93. The van der Waals surface area contributed by atoms with Crippen LogP contribution in [0.15, 0.2) is 73.1 Å². The number of benzene rings is 1. The summed E-state index contributed by atoms with van der Waals surface area (Å²) < 4.78 is 1.81. The second-order valence-electron chi connectivity index (χ2n) is 5.62. The van der Waals surface area contributed by atoms with Crippen LogP contribution in [-0.4, -0.2) is 30.9 Å². The van der Waals surface area contributed by atoms with Crippen LogP contribution >= 0.6 is 0 Å². The number of carbonyl (C=O) groups is 1. The van der Waals surface area contributed by atoms with Crippen LogP contribution in [0, 0.1) is 0 Å². The molecular formula is C20H14N4O2. The van der Waals surface area contributed by atoms with Crippen LogP contribution in [0.1, 0.15) is 5.69 Å². The number of hydrogen-bond acceptors (Lipinski definition) is 4. The Labute approximate surface area is 149 Å². The molecule has 3 aromatic heterocycles. The topological polar surface area (TPSA) is 80.4 Å². The molecule has 0 aliphatic heterocycles. The lowest BCUT2D eigenvalue weighted by Gasteiger charge is -2.06. The molecule has 26 heavy (non-hydrogen) atoms. The number of rotatable bonds is 4. The first-order valence-corrected chi connectivity index (χ1v) is 8.00. The van der Waals surface area contributed by atoms with Gasteiger partial charge in [-0.1, -0.05) is 36.4 Å². The summed E-state index contributed by atoms with van der Waals surface area (Å²) in [4.78, 5) is 10.9. The van der Waals surface area contributed by atoms with Crippen LogP contribution < -0.4 is 0 Å². The van der Waals surface area contributed by atoms with Gasteiger partial charge in [-0.15, -0.1) is 0 Å². The Kier molecular flexibility index (Phi) is 3.99. The molecule has 0 aliphatic rings. The summed E-state index contributed by atoms with van der Waals surface area (Å²) in [6.07, 6.45) is 5.98. The van der Waals surface area contributed by atoms with Crippen molar-refractivity contribution < 1.29 is 9.90 Å². The van der Waals surface area contributed by atoms with Crippen molar-refractivity contribution in [3.8, 4) is 22.4 Å². The zero-order valence-electron chi connectivity index (χ0n) is 13.6. The molecule has 6 heteroatoms. The Morgan fingerprint density at radius 1 is 1.04 bits per heavy atom. The van der Waals surface area contributed by atoms with Gasteiger partial charge in [-0.25, -0.2) is 9.31 Å². The minimum absolute atomic E-state index is 0.478. The van der Waals surface area contributed by atoms with Crippen molar-refractivity contribution in [3.05, 3.63) is 78.8 Å². The molecule has 0 bridgehead atoms. The van der Waals surface area contributed by atoms with E-state index in [4.69, 9.17) is 10.2 Å². The largest absolute Gasteiger partial charge is 0.478 e. The predicted octanol–water partition coefficient (Wildman–Crippen LogP) is 3.56. The van der Waals surface area contributed by atoms with Crippen molar-refractivity contribution in [1.29, 1.82) is 0 Å². The average Bonchev–Trinajstić information content (AvgIpc) is 3.06. The van der Waals surface area contributed by atoms with Gasteiger partial charge in [0.15, 0.2) is 0 Å². The van der Waals surface area contributed by atoms with Crippen LogP contribution in [0.5, 0.6) is 0 Å². The van der Waals surface area contributed by atoms with Gasteiger partial charge < -0.3 is 5.11 Å². The van der Waals surface area contributed by atoms with Crippen LogP contribution in [0.2, 0.25) is 0 Å². The molecule has 0 aliphatic carbocycles. The van der Waals surface area contributed by atoms with E-state index in [2.05, 4.69) is 10.2 Å². The quantitative estimate of drug-likeness (QED) is 0.574. The van der Waals surface area contributed by atoms with Gasteiger partial charge >= 0.3 is 5.97 Å². The number of aliphatic carboxylic acids is 1. The van der Waals surface area contributed by atoms with E-state index < -0.39 is 5.97 Å². The van der Waals surface area contributed by atoms with Gasteiger partial charge in [0.2, 0.25) is 0 Å². The van der Waals surface area contributed by atoms with Crippen LogP contribution in [-0.2, 0) is 4.79 Å². The fourth-order valence-electron chi connectivity index (χ4n) is 2.89. The molecule has 126 valence electrons. The van der Waals surface area contributed by atoms with Gasteiger partial charge in [0.25, 0.3) is 0 Å². The fraction of sp³-hybridized carbons (Fsp3) is 0. The van der Waals surface area contributed by atoms with Crippen LogP contribution in [0.4, 0.5) is 0 Å². The molecule has 0 saturated heterocycles. The standard InChI is InChI=1S/C20H14N4O2/c25-18(26)10-9-16-15(11-12-21-22-16)19-17-8-4-5-13-24(17)23-20(19)14-6-2-1-3-7-14/h1-13H,(H,25,26). The second-order valence-corrected chi connectivity index (χ2v) is 5.62. The zero-order chi connectivity index (χ0) is 17.9. The van der Waals surface area contributed by atoms with E-state index in [0.717, 1.165) is 34.0 Å². The smallest absolute Gasteiger partial charge is 0.328 e. The lowest BCUT2D eigenvalue weighted by molar-refractivity contribution is -0.131. The van der Waals surface area contributed by atoms with Crippen LogP contribution in [0.25, 0.3) is 34.0 Å². The van der Waals surface area contributed by atoms with E-state index >= 15 is 0 Å². The van der Waals surface area contributed by atoms with Gasteiger partial charge in [0.1, 0.15) is 5.69 Å². The number of fused-ring (bicyclic) bond motifs is 1. The van der Waals surface area contributed by atoms with Gasteiger partial charge in [0.05, 0.1) is 17.4 Å². The van der Waals surface area contributed by atoms with Gasteiger partial charge in [-0.05, 0) is 24.3 Å². The molecule has 0 radical (unpaired) electrons. The minimum Gasteiger partial charge on any atom is -0.478 e. The fourth-order valence-corrected chi connectivity index (χ4v) is 2.89. The first-order valence-electron chi connectivity index (χ1n) is 8.00. The van der Waals surface area contributed by atoms with Gasteiger partial charge in [-0.2, -0.15) is 15.3 Å². The number of carboxylic acids is 1. The number of hydrogen-bond donors (Lipinski definition) is 1. The zero-order valence-corrected chi connectivity index (χ0v) is 13.6. The summed E-state index contributed by atoms with van der Waals surface area (Å²) in [6.45, 7) is 0. The summed E-state index contributed by atoms with van der Waals surface area (Å²) in [5.41, 5.74) is 4.82. The molecule has 0 unspecified atom stereocenters. The maximum atomic E-state index is 10.9. The molecule has 1 N–H and O–H groups in total. The summed E-state index contributed by atoms with van der Waals surface area (Å²) in [5.74, 6) is -1.04. The first-order chi connectivity index (χ1) is 12.7. The summed E-state index contributed by atoms with van der Waals surface area (Å²) in [7, 11) is 0. The van der Waals surface area contributed by atoms with E-state index in [9.17, 15) is 4.79 Å². The van der Waals surface area contributed by atoms with Gasteiger partial charge in [0, 0.05) is 29.0 Å². The maximum absolute atomic E-state index is 10.9. The Hall–Kier alpha value is -3.80. The molecule has 0 spiro atoms. The number of pyridine rings is 1. The summed E-state index contributed by atoms with van der Waals surface area (Å²) in [5, 5.41) is 21.7. The molecule has 6 nitrogen and oxygen atoms in total. The SMILES string of the molecule is O=C(O)C=Cc1nnccc1-c1c(-c2ccccc2)nn2ccccc12. The third-order valence-corrected chi connectivity index (χ3v) is 3.99. The Morgan fingerprint density at radius 3 is 2.65 bits per heavy atom. The molecule has 4 rings (SSSR count). The molecule has 1 aromatic carbocycles. The van der Waals surface area contributed by atoms with E-state index in [1.54, 1.807) is 6.20 Å². The minimum atomic E-state index is -1.04. The Balaban J connectivity index is 2.02. The highest BCUT2D eigenvalue weighted by Crippen LogP contribution is 2.36. The van der Waals surface area contributed by atoms with E-state index in [0.29, 0.717) is 5.69 Å². The summed E-state index contributed by atoms with van der Waals surface area (Å²) >= 11 is 0. The highest BCUT2D eigenvalue weighted by molar-refractivity contribution is 5.95. The molecule has 0 amide bonds. The highest BCUT2D eigenvalue weighted by atomic mass is 16.4. The van der Waals surface area contributed by atoms with E-state index in [1.165, 1.54) is 6.08 Å². The predicted molar refractivity (Wildman–Crippen MR) is 98.3 cm³/mol. The monoisotopic (exact) mass is 342 g/mol. The maximum Gasteiger partial charge on any atom is 0.328 e. The normalized spacial score (nSPS) is 11.2. The lowest BCUT2D eigenvalue weighted by atomic mass is 9.99. The van der Waals surface area contributed by atoms with Crippen molar-refractivity contribution in [2.24, 2.45) is 0 Å². The molecule has 0 fully saturated rings. The molecular weight excluding hydrogens is 328 g/mol. The van der Waals surface area contributed by atoms with E-state index in [1.807, 2.05) is 65.3 Å². The third kappa shape index (κ3) is 2.84. The molecule has 4 aromatic rings.